The molecule has 0 bridgehead atoms. The SMILES string of the molecule is CC(F)c1cnc2ccc(C3=CCc4nc(NCC(F)(F)C5CC5)ncc43)nn12. The van der Waals surface area contributed by atoms with Crippen LogP contribution in [0.5, 0.6) is 0 Å². The predicted molar refractivity (Wildman–Crippen MR) is 101 cm³/mol. The molecular formula is C20H19F3N6. The number of imidazole rings is 1. The van der Waals surface area contributed by atoms with Gasteiger partial charge in [0.1, 0.15) is 6.17 Å². The number of allylic oxidation sites excluding steroid dienone is 1. The Morgan fingerprint density at radius 3 is 2.83 bits per heavy atom. The minimum Gasteiger partial charge on any atom is -0.348 e. The van der Waals surface area contributed by atoms with E-state index in [2.05, 4.69) is 25.4 Å². The third-order valence-corrected chi connectivity index (χ3v) is 5.39. The number of nitrogens with one attached hydrogen (secondary N) is 1. The summed E-state index contributed by atoms with van der Waals surface area (Å²) >= 11 is 0. The molecule has 5 rings (SSSR count). The van der Waals surface area contributed by atoms with Crippen molar-refractivity contribution in [3.8, 4) is 0 Å². The van der Waals surface area contributed by atoms with Crippen LogP contribution in [0.4, 0.5) is 19.1 Å². The molecule has 1 unspecified atom stereocenters. The molecule has 1 fully saturated rings. The van der Waals surface area contributed by atoms with Crippen molar-refractivity contribution in [3.63, 3.8) is 0 Å². The van der Waals surface area contributed by atoms with E-state index in [-0.39, 0.29) is 5.95 Å². The third-order valence-electron chi connectivity index (χ3n) is 5.39. The molecule has 29 heavy (non-hydrogen) atoms. The number of alkyl halides is 3. The zero-order valence-corrected chi connectivity index (χ0v) is 15.7. The van der Waals surface area contributed by atoms with Gasteiger partial charge >= 0.3 is 0 Å². The summed E-state index contributed by atoms with van der Waals surface area (Å²) in [4.78, 5) is 12.8. The Hall–Kier alpha value is -2.97. The van der Waals surface area contributed by atoms with Crippen molar-refractivity contribution in [2.75, 3.05) is 11.9 Å². The summed E-state index contributed by atoms with van der Waals surface area (Å²) in [6, 6.07) is 3.60. The maximum absolute atomic E-state index is 13.9. The quantitative estimate of drug-likeness (QED) is 0.678. The standard InChI is InChI=1S/C20H19F3N6/c1-11(21)17-9-24-18-7-6-16(28-29(17)18)13-4-5-15-14(13)8-25-19(27-15)26-10-20(22,23)12-2-3-12/h4,6-9,11-12H,2-3,5,10H2,1H3,(H,25,26,27). The fourth-order valence-corrected chi connectivity index (χ4v) is 3.59. The summed E-state index contributed by atoms with van der Waals surface area (Å²) in [6.07, 6.45) is 5.57. The minimum atomic E-state index is -2.73. The molecule has 1 N–H and O–H groups in total. The first kappa shape index (κ1) is 18.1. The zero-order valence-electron chi connectivity index (χ0n) is 15.7. The second kappa shape index (κ2) is 6.53. The first-order chi connectivity index (χ1) is 13.9. The first-order valence-corrected chi connectivity index (χ1v) is 9.59. The Balaban J connectivity index is 1.39. The van der Waals surface area contributed by atoms with Crippen LogP contribution in [0.25, 0.3) is 11.2 Å². The number of anilines is 1. The van der Waals surface area contributed by atoms with Crippen molar-refractivity contribution in [1.82, 2.24) is 24.6 Å². The number of halogens is 3. The van der Waals surface area contributed by atoms with Crippen LogP contribution in [0.1, 0.15) is 48.6 Å². The lowest BCUT2D eigenvalue weighted by Crippen LogP contribution is -2.30. The highest BCUT2D eigenvalue weighted by atomic mass is 19.3. The van der Waals surface area contributed by atoms with Gasteiger partial charge in [0.25, 0.3) is 5.92 Å². The van der Waals surface area contributed by atoms with Crippen LogP contribution in [-0.2, 0) is 6.42 Å². The van der Waals surface area contributed by atoms with Crippen LogP contribution in [0.15, 0.2) is 30.6 Å². The highest BCUT2D eigenvalue weighted by Gasteiger charge is 2.46. The second-order valence-electron chi connectivity index (χ2n) is 7.55. The van der Waals surface area contributed by atoms with Crippen LogP contribution in [0, 0.1) is 5.92 Å². The molecule has 0 radical (unpaired) electrons. The van der Waals surface area contributed by atoms with E-state index in [4.69, 9.17) is 0 Å². The van der Waals surface area contributed by atoms with Gasteiger partial charge in [0.15, 0.2) is 5.65 Å². The summed E-state index contributed by atoms with van der Waals surface area (Å²) in [7, 11) is 0. The van der Waals surface area contributed by atoms with E-state index >= 15 is 0 Å². The van der Waals surface area contributed by atoms with E-state index in [1.54, 1.807) is 12.3 Å². The van der Waals surface area contributed by atoms with Gasteiger partial charge in [-0.2, -0.15) is 5.10 Å². The molecule has 1 saturated carbocycles. The Kier molecular flexibility index (Phi) is 4.07. The highest BCUT2D eigenvalue weighted by Crippen LogP contribution is 2.43. The monoisotopic (exact) mass is 400 g/mol. The van der Waals surface area contributed by atoms with Crippen LogP contribution in [-0.4, -0.2) is 37.0 Å². The highest BCUT2D eigenvalue weighted by molar-refractivity contribution is 5.82. The number of hydrogen-bond acceptors (Lipinski definition) is 5. The molecule has 0 saturated heterocycles. The van der Waals surface area contributed by atoms with Gasteiger partial charge in [-0.25, -0.2) is 32.6 Å². The number of aromatic nitrogens is 5. The summed E-state index contributed by atoms with van der Waals surface area (Å²) in [5.41, 5.74) is 3.99. The Morgan fingerprint density at radius 1 is 1.24 bits per heavy atom. The molecule has 3 aromatic rings. The normalized spacial score (nSPS) is 17.3. The van der Waals surface area contributed by atoms with E-state index in [1.807, 2.05) is 12.1 Å². The zero-order chi connectivity index (χ0) is 20.2. The lowest BCUT2D eigenvalue weighted by atomic mass is 10.1. The Bertz CT molecular complexity index is 1120. The minimum absolute atomic E-state index is 0.199. The molecule has 6 nitrogen and oxygen atoms in total. The number of rotatable bonds is 6. The average molecular weight is 400 g/mol. The molecule has 0 aromatic carbocycles. The maximum Gasteiger partial charge on any atom is 0.267 e. The van der Waals surface area contributed by atoms with Crippen LogP contribution in [0.3, 0.4) is 0 Å². The third kappa shape index (κ3) is 3.24. The second-order valence-corrected chi connectivity index (χ2v) is 7.55. The van der Waals surface area contributed by atoms with E-state index < -0.39 is 24.6 Å². The first-order valence-electron chi connectivity index (χ1n) is 9.59. The lowest BCUT2D eigenvalue weighted by Gasteiger charge is -2.16. The van der Waals surface area contributed by atoms with Crippen molar-refractivity contribution in [1.29, 1.82) is 0 Å². The number of nitrogens with zero attached hydrogens (tertiary/aromatic N) is 5. The van der Waals surface area contributed by atoms with Gasteiger partial charge in [-0.05, 0) is 31.9 Å². The maximum atomic E-state index is 13.9. The molecule has 3 heterocycles. The predicted octanol–water partition coefficient (Wildman–Crippen LogP) is 3.99. The molecule has 2 aliphatic carbocycles. The van der Waals surface area contributed by atoms with E-state index in [0.29, 0.717) is 36.3 Å². The molecule has 1 atom stereocenters. The molecule has 150 valence electrons. The molecule has 9 heteroatoms. The van der Waals surface area contributed by atoms with Crippen molar-refractivity contribution < 1.29 is 13.2 Å². The van der Waals surface area contributed by atoms with Crippen molar-refractivity contribution in [3.05, 3.63) is 53.2 Å². The average Bonchev–Trinajstić information content (AvgIpc) is 3.36. The van der Waals surface area contributed by atoms with Gasteiger partial charge in [0.05, 0.1) is 29.8 Å². The molecule has 2 aliphatic rings. The van der Waals surface area contributed by atoms with Crippen molar-refractivity contribution >= 4 is 17.2 Å². The smallest absolute Gasteiger partial charge is 0.267 e. The summed E-state index contributed by atoms with van der Waals surface area (Å²) in [5.74, 6) is -3.06. The summed E-state index contributed by atoms with van der Waals surface area (Å²) in [6.45, 7) is 0.983. The Morgan fingerprint density at radius 2 is 2.07 bits per heavy atom. The lowest BCUT2D eigenvalue weighted by molar-refractivity contribution is -0.00832. The van der Waals surface area contributed by atoms with Crippen LogP contribution < -0.4 is 5.32 Å². The molecular weight excluding hydrogens is 381 g/mol. The van der Waals surface area contributed by atoms with Gasteiger partial charge < -0.3 is 5.32 Å². The summed E-state index contributed by atoms with van der Waals surface area (Å²) < 4.78 is 43.0. The topological polar surface area (TPSA) is 68.0 Å². The van der Waals surface area contributed by atoms with Gasteiger partial charge in [0.2, 0.25) is 5.95 Å². The van der Waals surface area contributed by atoms with Crippen LogP contribution >= 0.6 is 0 Å². The van der Waals surface area contributed by atoms with Crippen LogP contribution in [0.2, 0.25) is 0 Å². The van der Waals surface area contributed by atoms with E-state index in [9.17, 15) is 13.2 Å². The van der Waals surface area contributed by atoms with Gasteiger partial charge in [-0.1, -0.05) is 6.08 Å². The van der Waals surface area contributed by atoms with Gasteiger partial charge in [-0.15, -0.1) is 0 Å². The fourth-order valence-electron chi connectivity index (χ4n) is 3.59. The summed E-state index contributed by atoms with van der Waals surface area (Å²) in [5, 5.41) is 7.20. The van der Waals surface area contributed by atoms with Gasteiger partial charge in [-0.3, -0.25) is 0 Å². The van der Waals surface area contributed by atoms with Gasteiger partial charge in [0, 0.05) is 29.7 Å². The van der Waals surface area contributed by atoms with E-state index in [0.717, 1.165) is 16.8 Å². The molecule has 0 amide bonds. The molecule has 0 spiro atoms. The van der Waals surface area contributed by atoms with Crippen molar-refractivity contribution in [2.24, 2.45) is 5.92 Å². The largest absolute Gasteiger partial charge is 0.348 e. The number of fused-ring (bicyclic) bond motifs is 2. The van der Waals surface area contributed by atoms with Crippen molar-refractivity contribution in [2.45, 2.75) is 38.3 Å². The van der Waals surface area contributed by atoms with E-state index in [1.165, 1.54) is 17.6 Å². The molecule has 0 aliphatic heterocycles. The molecule has 3 aromatic heterocycles. The number of hydrogen-bond donors (Lipinski definition) is 1. The fraction of sp³-hybridized carbons (Fsp3) is 0.400. The Labute approximate surface area is 164 Å².